The van der Waals surface area contributed by atoms with E-state index in [4.69, 9.17) is 4.74 Å². The van der Waals surface area contributed by atoms with Crippen molar-refractivity contribution in [2.24, 2.45) is 0 Å². The summed E-state index contributed by atoms with van der Waals surface area (Å²) >= 11 is 0. The van der Waals surface area contributed by atoms with Crippen LogP contribution in [-0.4, -0.2) is 63.6 Å². The Balaban J connectivity index is 1.84. The van der Waals surface area contributed by atoms with Crippen LogP contribution in [0.5, 0.6) is 5.75 Å². The van der Waals surface area contributed by atoms with E-state index in [0.29, 0.717) is 23.2 Å². The molecular weight excluding hydrogens is 490 g/mol. The number of benzene rings is 2. The first-order chi connectivity index (χ1) is 17.6. The molecule has 0 aliphatic rings. The van der Waals surface area contributed by atoms with Gasteiger partial charge in [0.2, 0.25) is 16.0 Å². The summed E-state index contributed by atoms with van der Waals surface area (Å²) in [5.41, 5.74) is 2.87. The predicted octanol–water partition coefficient (Wildman–Crippen LogP) is 4.33. The molecule has 10 nitrogen and oxygen atoms in total. The average molecular weight is 528 g/mol. The summed E-state index contributed by atoms with van der Waals surface area (Å²) in [6.07, 6.45) is 2.68. The highest BCUT2D eigenvalue weighted by Crippen LogP contribution is 2.32. The van der Waals surface area contributed by atoms with Crippen molar-refractivity contribution in [1.29, 1.82) is 0 Å². The molecular formula is C26H37N7O3S. The molecule has 0 fully saturated rings. The van der Waals surface area contributed by atoms with Crippen molar-refractivity contribution in [2.45, 2.75) is 38.2 Å². The highest BCUT2D eigenvalue weighted by Gasteiger charge is 2.17. The van der Waals surface area contributed by atoms with Gasteiger partial charge in [0.1, 0.15) is 16.5 Å². The monoisotopic (exact) mass is 527 g/mol. The summed E-state index contributed by atoms with van der Waals surface area (Å²) in [5.74, 6) is 1.51. The molecule has 0 bridgehead atoms. The third kappa shape index (κ3) is 8.04. The Kier molecular flexibility index (Phi) is 9.67. The second-order valence-corrected chi connectivity index (χ2v) is 11.0. The minimum atomic E-state index is -3.65. The van der Waals surface area contributed by atoms with E-state index in [9.17, 15) is 8.42 Å². The van der Waals surface area contributed by atoms with E-state index in [1.54, 1.807) is 24.4 Å². The van der Waals surface area contributed by atoms with Crippen molar-refractivity contribution < 1.29 is 13.2 Å². The van der Waals surface area contributed by atoms with Gasteiger partial charge in [-0.1, -0.05) is 12.1 Å². The number of para-hydroxylation sites is 1. The number of anilines is 5. The van der Waals surface area contributed by atoms with Crippen molar-refractivity contribution in [1.82, 2.24) is 19.6 Å². The molecule has 3 rings (SSSR count). The number of ether oxygens (including phenoxy) is 1. The molecule has 0 unspecified atom stereocenters. The largest absolute Gasteiger partial charge is 0.489 e. The maximum absolute atomic E-state index is 12.5. The third-order valence-electron chi connectivity index (χ3n) is 5.37. The molecule has 0 aliphatic heterocycles. The van der Waals surface area contributed by atoms with E-state index < -0.39 is 10.0 Å². The van der Waals surface area contributed by atoms with E-state index in [2.05, 4.69) is 49.6 Å². The van der Waals surface area contributed by atoms with Crippen LogP contribution in [0.25, 0.3) is 0 Å². The lowest BCUT2D eigenvalue weighted by Gasteiger charge is -2.18. The maximum atomic E-state index is 12.5. The summed E-state index contributed by atoms with van der Waals surface area (Å²) in [4.78, 5) is 11.3. The molecule has 0 aliphatic carbocycles. The number of hydrogen-bond acceptors (Lipinski definition) is 9. The Bertz CT molecular complexity index is 1300. The van der Waals surface area contributed by atoms with Gasteiger partial charge >= 0.3 is 0 Å². The molecule has 200 valence electrons. The molecule has 0 atom stereocenters. The van der Waals surface area contributed by atoms with Crippen LogP contribution >= 0.6 is 0 Å². The third-order valence-corrected chi connectivity index (χ3v) is 6.84. The van der Waals surface area contributed by atoms with Crippen molar-refractivity contribution in [2.75, 3.05) is 50.2 Å². The Morgan fingerprint density at radius 3 is 2.51 bits per heavy atom. The van der Waals surface area contributed by atoms with Gasteiger partial charge in [-0.3, -0.25) is 0 Å². The van der Waals surface area contributed by atoms with Crippen molar-refractivity contribution >= 4 is 38.9 Å². The van der Waals surface area contributed by atoms with Gasteiger partial charge in [0, 0.05) is 30.1 Å². The van der Waals surface area contributed by atoms with Crippen LogP contribution in [0.2, 0.25) is 0 Å². The first-order valence-electron chi connectivity index (χ1n) is 12.2. The van der Waals surface area contributed by atoms with Gasteiger partial charge in [-0.25, -0.2) is 18.1 Å². The zero-order chi connectivity index (χ0) is 27.0. The maximum Gasteiger partial charge on any atom is 0.242 e. The lowest BCUT2D eigenvalue weighted by molar-refractivity contribution is 0.244. The van der Waals surface area contributed by atoms with E-state index in [0.717, 1.165) is 36.4 Å². The Labute approximate surface area is 219 Å². The fraction of sp³-hybridized carbons (Fsp3) is 0.385. The molecule has 3 aromatic rings. The zero-order valence-electron chi connectivity index (χ0n) is 22.3. The van der Waals surface area contributed by atoms with Gasteiger partial charge in [0.25, 0.3) is 0 Å². The van der Waals surface area contributed by atoms with Crippen molar-refractivity contribution in [3.8, 4) is 5.75 Å². The number of nitrogens with zero attached hydrogens (tertiary/aromatic N) is 3. The zero-order valence-corrected chi connectivity index (χ0v) is 23.1. The Morgan fingerprint density at radius 2 is 1.81 bits per heavy atom. The first kappa shape index (κ1) is 28.2. The minimum Gasteiger partial charge on any atom is -0.489 e. The quantitative estimate of drug-likeness (QED) is 0.241. The molecule has 0 saturated carbocycles. The molecule has 0 radical (unpaired) electrons. The van der Waals surface area contributed by atoms with Gasteiger partial charge in [0.05, 0.1) is 17.5 Å². The van der Waals surface area contributed by atoms with Crippen LogP contribution in [0.1, 0.15) is 25.8 Å². The van der Waals surface area contributed by atoms with Gasteiger partial charge in [-0.05, 0) is 79.1 Å². The minimum absolute atomic E-state index is 0.0219. The number of rotatable bonds is 13. The number of nitrogens with one attached hydrogen (secondary N) is 4. The topological polar surface area (TPSA) is 121 Å². The van der Waals surface area contributed by atoms with Crippen LogP contribution < -0.4 is 25.4 Å². The second kappa shape index (κ2) is 12.7. The summed E-state index contributed by atoms with van der Waals surface area (Å²) in [7, 11) is 1.85. The fourth-order valence-corrected chi connectivity index (χ4v) is 4.39. The van der Waals surface area contributed by atoms with Crippen LogP contribution in [0.4, 0.5) is 28.8 Å². The smallest absolute Gasteiger partial charge is 0.242 e. The van der Waals surface area contributed by atoms with Gasteiger partial charge in [-0.2, -0.15) is 4.98 Å². The molecule has 1 aromatic heterocycles. The molecule has 37 heavy (non-hydrogen) atoms. The highest BCUT2D eigenvalue weighted by molar-refractivity contribution is 7.89. The van der Waals surface area contributed by atoms with Crippen molar-refractivity contribution in [3.63, 3.8) is 0 Å². The van der Waals surface area contributed by atoms with Crippen LogP contribution in [0.15, 0.2) is 53.6 Å². The Morgan fingerprint density at radius 1 is 1.05 bits per heavy atom. The summed E-state index contributed by atoms with van der Waals surface area (Å²) in [5, 5.41) is 9.83. The summed E-state index contributed by atoms with van der Waals surface area (Å²) in [6.45, 7) is 7.66. The molecule has 2 aromatic carbocycles. The van der Waals surface area contributed by atoms with Crippen LogP contribution in [0, 0.1) is 6.92 Å². The molecule has 11 heteroatoms. The normalized spacial score (nSPS) is 11.6. The predicted molar refractivity (Wildman–Crippen MR) is 150 cm³/mol. The lowest BCUT2D eigenvalue weighted by Crippen LogP contribution is -2.19. The SMILES string of the molecule is CNS(=O)(=O)c1ccccc1Nc1nc(Nc2ccc(NCCCN(C)C)cc2OC(C)C)ncc1C. The number of aryl methyl sites for hydroxylation is 1. The van der Waals surface area contributed by atoms with E-state index in [1.807, 2.05) is 39.0 Å². The first-order valence-corrected chi connectivity index (χ1v) is 13.7. The van der Waals surface area contributed by atoms with Gasteiger partial charge in [-0.15, -0.1) is 0 Å². The van der Waals surface area contributed by atoms with Crippen molar-refractivity contribution in [3.05, 3.63) is 54.2 Å². The molecule has 4 N–H and O–H groups in total. The lowest BCUT2D eigenvalue weighted by atomic mass is 10.2. The highest BCUT2D eigenvalue weighted by atomic mass is 32.2. The molecule has 0 saturated heterocycles. The molecule has 0 amide bonds. The van der Waals surface area contributed by atoms with Gasteiger partial charge < -0.3 is 25.6 Å². The van der Waals surface area contributed by atoms with E-state index >= 15 is 0 Å². The summed E-state index contributed by atoms with van der Waals surface area (Å²) < 4.78 is 33.3. The Hall–Kier alpha value is -3.41. The molecule has 0 spiro atoms. The van der Waals surface area contributed by atoms with Crippen LogP contribution in [0.3, 0.4) is 0 Å². The number of sulfonamides is 1. The number of hydrogen-bond donors (Lipinski definition) is 4. The fourth-order valence-electron chi connectivity index (χ4n) is 3.51. The number of aromatic nitrogens is 2. The standard InChI is InChI=1S/C26H37N7O3S/c1-18(2)36-23-16-20(28-14-9-15-33(5)6)12-13-21(23)31-26-29-17-19(3)25(32-26)30-22-10-7-8-11-24(22)37(34,35)27-4/h7-8,10-13,16-18,27-28H,9,14-15H2,1-6H3,(H2,29,30,31,32). The molecule has 1 heterocycles. The second-order valence-electron chi connectivity index (χ2n) is 9.14. The van der Waals surface area contributed by atoms with E-state index in [-0.39, 0.29) is 11.0 Å². The van der Waals surface area contributed by atoms with E-state index in [1.165, 1.54) is 13.1 Å². The average Bonchev–Trinajstić information content (AvgIpc) is 2.85. The van der Waals surface area contributed by atoms with Gasteiger partial charge in [0.15, 0.2) is 0 Å². The summed E-state index contributed by atoms with van der Waals surface area (Å²) in [6, 6.07) is 12.5. The van der Waals surface area contributed by atoms with Crippen LogP contribution in [-0.2, 0) is 10.0 Å².